The highest BCUT2D eigenvalue weighted by Gasteiger charge is 2.21. The number of rotatable bonds is 5. The first-order chi connectivity index (χ1) is 12.8. The Kier molecular flexibility index (Phi) is 4.58. The lowest BCUT2D eigenvalue weighted by molar-refractivity contribution is -0.394. The number of nitrogens with one attached hydrogen (secondary N) is 1. The maximum atomic E-state index is 12.3. The zero-order chi connectivity index (χ0) is 19.6. The van der Waals surface area contributed by atoms with Gasteiger partial charge in [-0.1, -0.05) is 22.8 Å². The molecule has 3 aromatic rings. The van der Waals surface area contributed by atoms with Crippen LogP contribution in [0.5, 0.6) is 0 Å². The number of carbonyl (C=O) groups is 1. The van der Waals surface area contributed by atoms with Gasteiger partial charge in [-0.25, -0.2) is 0 Å². The topological polar surface area (TPSA) is 154 Å². The molecule has 0 radical (unpaired) electrons. The number of amides is 1. The second-order valence-corrected chi connectivity index (χ2v) is 5.48. The number of carbonyl (C=O) groups excluding carboxylic acids is 1. The van der Waals surface area contributed by atoms with E-state index in [2.05, 4.69) is 15.5 Å². The fourth-order valence-corrected chi connectivity index (χ4v) is 2.19. The van der Waals surface area contributed by atoms with Gasteiger partial charge in [0.25, 0.3) is 17.3 Å². The molecular formula is C16H11N5O6. The first-order valence-corrected chi connectivity index (χ1v) is 7.49. The monoisotopic (exact) mass is 369 g/mol. The molecule has 0 aliphatic carbocycles. The van der Waals surface area contributed by atoms with E-state index in [0.29, 0.717) is 5.56 Å². The Labute approximate surface area is 150 Å². The van der Waals surface area contributed by atoms with Crippen molar-refractivity contribution in [2.24, 2.45) is 0 Å². The second-order valence-electron chi connectivity index (χ2n) is 5.48. The van der Waals surface area contributed by atoms with E-state index in [1.54, 1.807) is 12.1 Å². The number of hydrogen-bond donors (Lipinski definition) is 1. The highest BCUT2D eigenvalue weighted by atomic mass is 16.6. The Morgan fingerprint density at radius 3 is 2.15 bits per heavy atom. The quantitative estimate of drug-likeness (QED) is 0.531. The van der Waals surface area contributed by atoms with E-state index in [1.807, 2.05) is 19.1 Å². The average Bonchev–Trinajstić information content (AvgIpc) is 3.10. The molecule has 11 nitrogen and oxygen atoms in total. The average molecular weight is 369 g/mol. The van der Waals surface area contributed by atoms with Gasteiger partial charge in [-0.15, -0.1) is 5.10 Å². The normalized spacial score (nSPS) is 10.4. The molecule has 27 heavy (non-hydrogen) atoms. The van der Waals surface area contributed by atoms with Crippen molar-refractivity contribution < 1.29 is 19.1 Å². The van der Waals surface area contributed by atoms with Crippen molar-refractivity contribution in [3.05, 3.63) is 73.8 Å². The Hall–Kier alpha value is -4.15. The number of aromatic nitrogens is 2. The van der Waals surface area contributed by atoms with Crippen LogP contribution in [0.2, 0.25) is 0 Å². The van der Waals surface area contributed by atoms with Gasteiger partial charge in [-0.3, -0.25) is 30.3 Å². The van der Waals surface area contributed by atoms with Crippen LogP contribution < -0.4 is 5.32 Å². The second kappa shape index (κ2) is 7.00. The summed E-state index contributed by atoms with van der Waals surface area (Å²) in [6, 6.07) is 9.57. The Morgan fingerprint density at radius 2 is 1.59 bits per heavy atom. The molecule has 3 rings (SSSR count). The Morgan fingerprint density at radius 1 is 1.00 bits per heavy atom. The summed E-state index contributed by atoms with van der Waals surface area (Å²) in [6.45, 7) is 1.92. The molecule has 0 saturated carbocycles. The molecule has 11 heteroatoms. The van der Waals surface area contributed by atoms with E-state index >= 15 is 0 Å². The molecule has 1 amide bonds. The number of non-ortho nitro benzene ring substituents is 2. The Balaban J connectivity index is 1.84. The van der Waals surface area contributed by atoms with Crippen LogP contribution in [0.3, 0.4) is 0 Å². The van der Waals surface area contributed by atoms with Gasteiger partial charge in [0.1, 0.15) is 0 Å². The molecule has 1 heterocycles. The van der Waals surface area contributed by atoms with Crippen LogP contribution in [0.1, 0.15) is 15.9 Å². The molecule has 1 aromatic heterocycles. The van der Waals surface area contributed by atoms with Crippen molar-refractivity contribution in [1.29, 1.82) is 0 Å². The number of nitro benzene ring substituents is 2. The minimum Gasteiger partial charge on any atom is -0.403 e. The van der Waals surface area contributed by atoms with Crippen molar-refractivity contribution in [3.8, 4) is 11.5 Å². The van der Waals surface area contributed by atoms with Gasteiger partial charge in [0.2, 0.25) is 5.89 Å². The van der Waals surface area contributed by atoms with Crippen molar-refractivity contribution in [1.82, 2.24) is 10.2 Å². The summed E-state index contributed by atoms with van der Waals surface area (Å²) in [4.78, 5) is 32.4. The predicted octanol–water partition coefficient (Wildman–Crippen LogP) is 3.11. The number of anilines is 1. The minimum atomic E-state index is -0.860. The van der Waals surface area contributed by atoms with Gasteiger partial charge in [0.15, 0.2) is 0 Å². The molecule has 2 aromatic carbocycles. The van der Waals surface area contributed by atoms with Crippen molar-refractivity contribution in [3.63, 3.8) is 0 Å². The first kappa shape index (κ1) is 17.7. The molecule has 0 spiro atoms. The van der Waals surface area contributed by atoms with E-state index in [-0.39, 0.29) is 17.5 Å². The van der Waals surface area contributed by atoms with Crippen LogP contribution in [0.25, 0.3) is 11.5 Å². The largest absolute Gasteiger partial charge is 0.403 e. The van der Waals surface area contributed by atoms with Crippen LogP contribution in [0.15, 0.2) is 46.9 Å². The smallest absolute Gasteiger partial charge is 0.322 e. The zero-order valence-corrected chi connectivity index (χ0v) is 13.8. The van der Waals surface area contributed by atoms with Crippen molar-refractivity contribution >= 4 is 23.3 Å². The Bertz CT molecular complexity index is 1010. The lowest BCUT2D eigenvalue weighted by Crippen LogP contribution is -2.13. The van der Waals surface area contributed by atoms with E-state index in [0.717, 1.165) is 23.8 Å². The van der Waals surface area contributed by atoms with Gasteiger partial charge in [0.05, 0.1) is 21.5 Å². The standard InChI is InChI=1S/C16H11N5O6/c1-9-2-4-10(5-3-9)15-18-19-16(27-15)17-14(22)11-6-12(20(23)24)8-13(7-11)21(25)26/h2-8H,1H3,(H,17,19,22). The number of hydrogen-bond acceptors (Lipinski definition) is 8. The van der Waals surface area contributed by atoms with Crippen LogP contribution in [-0.4, -0.2) is 26.0 Å². The molecule has 0 aliphatic heterocycles. The van der Waals surface area contributed by atoms with Crippen LogP contribution in [0, 0.1) is 27.2 Å². The fourth-order valence-electron chi connectivity index (χ4n) is 2.19. The van der Waals surface area contributed by atoms with E-state index in [4.69, 9.17) is 4.42 Å². The number of aryl methyl sites for hydroxylation is 1. The molecule has 136 valence electrons. The number of nitro groups is 2. The number of nitrogens with zero attached hydrogens (tertiary/aromatic N) is 4. The third kappa shape index (κ3) is 3.92. The van der Waals surface area contributed by atoms with Crippen LogP contribution in [-0.2, 0) is 0 Å². The molecule has 0 bridgehead atoms. The van der Waals surface area contributed by atoms with E-state index in [1.165, 1.54) is 0 Å². The fraction of sp³-hybridized carbons (Fsp3) is 0.0625. The molecule has 1 N–H and O–H groups in total. The van der Waals surface area contributed by atoms with Gasteiger partial charge in [-0.2, -0.15) is 0 Å². The highest BCUT2D eigenvalue weighted by molar-refractivity contribution is 6.04. The summed E-state index contributed by atoms with van der Waals surface area (Å²) in [7, 11) is 0. The maximum absolute atomic E-state index is 12.3. The molecular weight excluding hydrogens is 358 g/mol. The van der Waals surface area contributed by atoms with Crippen molar-refractivity contribution in [2.75, 3.05) is 5.32 Å². The summed E-state index contributed by atoms with van der Waals surface area (Å²) < 4.78 is 5.34. The van der Waals surface area contributed by atoms with Gasteiger partial charge in [0, 0.05) is 17.7 Å². The molecule has 0 aliphatic rings. The van der Waals surface area contributed by atoms with Crippen LogP contribution in [0.4, 0.5) is 17.4 Å². The number of benzene rings is 2. The summed E-state index contributed by atoms with van der Waals surface area (Å²) in [5.41, 5.74) is 0.227. The van der Waals surface area contributed by atoms with Gasteiger partial charge in [-0.05, 0) is 19.1 Å². The summed E-state index contributed by atoms with van der Waals surface area (Å²) in [6.07, 6.45) is 0. The lowest BCUT2D eigenvalue weighted by atomic mass is 10.1. The summed E-state index contributed by atoms with van der Waals surface area (Å²) in [5.74, 6) is -0.698. The van der Waals surface area contributed by atoms with E-state index < -0.39 is 27.1 Å². The summed E-state index contributed by atoms with van der Waals surface area (Å²) >= 11 is 0. The zero-order valence-electron chi connectivity index (χ0n) is 13.8. The van der Waals surface area contributed by atoms with Gasteiger partial charge >= 0.3 is 6.01 Å². The van der Waals surface area contributed by atoms with Crippen LogP contribution >= 0.6 is 0 Å². The van der Waals surface area contributed by atoms with Gasteiger partial charge < -0.3 is 4.42 Å². The highest BCUT2D eigenvalue weighted by Crippen LogP contribution is 2.24. The minimum absolute atomic E-state index is 0.162. The molecule has 0 saturated heterocycles. The molecule has 0 atom stereocenters. The first-order valence-electron chi connectivity index (χ1n) is 7.49. The molecule has 0 unspecified atom stereocenters. The molecule has 0 fully saturated rings. The van der Waals surface area contributed by atoms with Crippen molar-refractivity contribution in [2.45, 2.75) is 6.92 Å². The third-order valence-corrected chi connectivity index (χ3v) is 3.53. The SMILES string of the molecule is Cc1ccc(-c2nnc(NC(=O)c3cc([N+](=O)[O-])cc([N+](=O)[O-])c3)o2)cc1. The third-order valence-electron chi connectivity index (χ3n) is 3.53. The lowest BCUT2D eigenvalue weighted by Gasteiger charge is -2.01. The maximum Gasteiger partial charge on any atom is 0.322 e. The van der Waals surface area contributed by atoms with E-state index in [9.17, 15) is 25.0 Å². The predicted molar refractivity (Wildman–Crippen MR) is 92.2 cm³/mol. The summed E-state index contributed by atoms with van der Waals surface area (Å²) in [5, 5.41) is 31.6.